The first-order valence-electron chi connectivity index (χ1n) is 3.31. The van der Waals surface area contributed by atoms with Crippen LogP contribution in [0.1, 0.15) is 12.8 Å². The summed E-state index contributed by atoms with van der Waals surface area (Å²) in [7, 11) is 0. The van der Waals surface area contributed by atoms with Gasteiger partial charge in [-0.15, -0.1) is 0 Å². The van der Waals surface area contributed by atoms with Gasteiger partial charge in [0.25, 0.3) is 0 Å². The van der Waals surface area contributed by atoms with E-state index in [1.807, 2.05) is 0 Å². The van der Waals surface area contributed by atoms with Crippen molar-refractivity contribution in [2.75, 3.05) is 0 Å². The van der Waals surface area contributed by atoms with Crippen LogP contribution >= 0.6 is 11.9 Å². The summed E-state index contributed by atoms with van der Waals surface area (Å²) in [6, 6.07) is 0. The Labute approximate surface area is 197 Å². The summed E-state index contributed by atoms with van der Waals surface area (Å²) < 4.78 is 3.93. The van der Waals surface area contributed by atoms with E-state index in [1.165, 1.54) is 0 Å². The van der Waals surface area contributed by atoms with Gasteiger partial charge in [0.2, 0.25) is 5.60 Å². The van der Waals surface area contributed by atoms with Gasteiger partial charge in [-0.1, -0.05) is 0 Å². The third kappa shape index (κ3) is 12.4. The van der Waals surface area contributed by atoms with E-state index in [4.69, 9.17) is 27.2 Å². The molecule has 0 aliphatic rings. The number of carboxylic acid groups (broad SMARTS) is 3. The van der Waals surface area contributed by atoms with Crippen molar-refractivity contribution in [2.45, 2.75) is 18.4 Å². The third-order valence-corrected chi connectivity index (χ3v) is 1.71. The van der Waals surface area contributed by atoms with Crippen molar-refractivity contribution < 1.29 is 34.0 Å². The van der Waals surface area contributed by atoms with E-state index in [-0.39, 0.29) is 118 Å². The molecule has 0 radical (unpaired) electrons. The van der Waals surface area contributed by atoms with E-state index in [2.05, 4.69) is 4.29 Å². The number of hydrogen-bond donors (Lipinski definition) is 3. The predicted molar refractivity (Wildman–Crippen MR) is 70.4 cm³/mol. The fourth-order valence-electron chi connectivity index (χ4n) is 0.790. The van der Waals surface area contributed by atoms with Gasteiger partial charge < -0.3 is 15.3 Å². The Morgan fingerprint density at radius 2 is 1.17 bits per heavy atom. The Hall–Kier alpha value is 2.66. The van der Waals surface area contributed by atoms with Gasteiger partial charge in [-0.2, -0.15) is 0 Å². The first kappa shape index (κ1) is 32.6. The molecule has 0 amide bonds. The molecule has 0 atom stereocenters. The first-order chi connectivity index (χ1) is 6.34. The molecule has 0 saturated carbocycles. The summed E-state index contributed by atoms with van der Waals surface area (Å²) in [5.41, 5.74) is -2.43. The van der Waals surface area contributed by atoms with Crippen LogP contribution < -0.4 is 0 Å². The van der Waals surface area contributed by atoms with Crippen LogP contribution in [0.4, 0.5) is 0 Å². The molecule has 88 valence electrons. The van der Waals surface area contributed by atoms with Crippen LogP contribution in [-0.2, 0) is 18.7 Å². The van der Waals surface area contributed by atoms with Crippen molar-refractivity contribution in [3.63, 3.8) is 0 Å². The first-order valence-corrected chi connectivity index (χ1v) is 3.61. The summed E-state index contributed by atoms with van der Waals surface area (Å²) in [6.07, 6.45) is -2.06. The van der Waals surface area contributed by atoms with E-state index in [9.17, 15) is 14.4 Å². The normalized spacial score (nSPS) is 8.50. The Morgan fingerprint density at radius 3 is 1.28 bits per heavy atom. The number of carbonyl (C=O) groups is 3. The molecule has 0 unspecified atom stereocenters. The van der Waals surface area contributed by atoms with Crippen LogP contribution in [0.3, 0.4) is 0 Å². The van der Waals surface area contributed by atoms with Crippen molar-refractivity contribution in [2.24, 2.45) is 0 Å². The van der Waals surface area contributed by atoms with Gasteiger partial charge in [0, 0.05) is 0 Å². The molecule has 12 heteroatoms. The quantitative estimate of drug-likeness (QED) is 0.456. The van der Waals surface area contributed by atoms with Crippen LogP contribution in [0.25, 0.3) is 0 Å². The second-order valence-corrected chi connectivity index (χ2v) is 2.67. The van der Waals surface area contributed by atoms with Gasteiger partial charge in [0.15, 0.2) is 0 Å². The van der Waals surface area contributed by atoms with E-state index in [0.717, 1.165) is 0 Å². The summed E-state index contributed by atoms with van der Waals surface area (Å²) in [4.78, 5) is 31.1. The Bertz CT molecular complexity index is 259. The van der Waals surface area contributed by atoms with E-state index < -0.39 is 36.4 Å². The molecule has 3 N–H and O–H groups in total. The van der Waals surface area contributed by atoms with E-state index in [0.29, 0.717) is 0 Å². The number of halogens is 1. The fraction of sp³-hybridized carbons (Fsp3) is 0.500. The van der Waals surface area contributed by atoms with Crippen molar-refractivity contribution in [1.29, 1.82) is 0 Å². The van der Waals surface area contributed by atoms with Crippen molar-refractivity contribution in [1.82, 2.24) is 0 Å². The number of rotatable bonds is 6. The Kier molecular flexibility index (Phi) is 29.0. The zero-order valence-corrected chi connectivity index (χ0v) is 7.52. The third-order valence-electron chi connectivity index (χ3n) is 1.41. The number of carboxylic acids is 3. The van der Waals surface area contributed by atoms with Crippen LogP contribution in [0.5, 0.6) is 0 Å². The molecule has 0 aromatic heterocycles. The standard InChI is InChI=1S/C6H7ClO7.4Na.4H/c7-14-6(5(12)13,1-3(8)9)2-4(10)11;;;;;;;;/h1-2H2,(H,8,9)(H,10,11)(H,12,13);;;;;;;;. The maximum atomic E-state index is 10.6. The van der Waals surface area contributed by atoms with Gasteiger partial charge in [0.1, 0.15) is 0 Å². The molecular formula is C6H11ClNa4O7. The molecule has 18 heavy (non-hydrogen) atoms. The second-order valence-electron chi connectivity index (χ2n) is 2.52. The zero-order valence-electron chi connectivity index (χ0n) is 6.77. The minimum absolute atomic E-state index is 0. The minimum atomic E-state index is -2.43. The summed E-state index contributed by atoms with van der Waals surface area (Å²) in [6.45, 7) is 0. The monoisotopic (exact) mass is 322 g/mol. The Morgan fingerprint density at radius 1 is 0.889 bits per heavy atom. The van der Waals surface area contributed by atoms with Gasteiger partial charge in [-0.25, -0.2) is 4.79 Å². The van der Waals surface area contributed by atoms with Gasteiger partial charge in [-0.3, -0.25) is 13.9 Å². The molecule has 0 fully saturated rings. The second kappa shape index (κ2) is 16.0. The SMILES string of the molecule is O=C(O)CC(CC(=O)O)(OCl)C(=O)O.[NaH].[NaH].[NaH].[NaH]. The molecule has 7 nitrogen and oxygen atoms in total. The number of aliphatic carboxylic acids is 3. The summed E-state index contributed by atoms with van der Waals surface area (Å²) in [5.74, 6) is -4.78. The number of hydrogen-bond acceptors (Lipinski definition) is 4. The van der Waals surface area contributed by atoms with Crippen LogP contribution in [0.2, 0.25) is 0 Å². The van der Waals surface area contributed by atoms with Crippen molar-refractivity contribution in [3.05, 3.63) is 0 Å². The fourth-order valence-corrected chi connectivity index (χ4v) is 0.965. The van der Waals surface area contributed by atoms with Crippen LogP contribution in [0.15, 0.2) is 0 Å². The van der Waals surface area contributed by atoms with Gasteiger partial charge >= 0.3 is 136 Å². The van der Waals surface area contributed by atoms with Crippen LogP contribution in [-0.4, -0.2) is 157 Å². The predicted octanol–water partition coefficient (Wildman–Crippen LogP) is -2.66. The molecule has 0 spiro atoms. The molecule has 0 heterocycles. The zero-order chi connectivity index (χ0) is 11.4. The molecule has 0 aromatic rings. The van der Waals surface area contributed by atoms with Crippen molar-refractivity contribution in [3.8, 4) is 0 Å². The van der Waals surface area contributed by atoms with Crippen LogP contribution in [0, 0.1) is 0 Å². The van der Waals surface area contributed by atoms with Gasteiger partial charge in [0.05, 0.1) is 24.7 Å². The molecule has 0 aliphatic carbocycles. The van der Waals surface area contributed by atoms with Crippen molar-refractivity contribution >= 4 is 148 Å². The molecule has 0 rings (SSSR count). The van der Waals surface area contributed by atoms with Gasteiger partial charge in [-0.05, 0) is 0 Å². The molecule has 0 aliphatic heterocycles. The van der Waals surface area contributed by atoms with E-state index in [1.54, 1.807) is 0 Å². The molecule has 0 saturated heterocycles. The average Bonchev–Trinajstić information content (AvgIpc) is 2.00. The maximum absolute atomic E-state index is 10.6. The summed E-state index contributed by atoms with van der Waals surface area (Å²) >= 11 is 4.80. The molecular weight excluding hydrogens is 311 g/mol. The molecule has 0 aromatic carbocycles. The Balaban J connectivity index is -0.000000141. The molecule has 0 bridgehead atoms. The average molecular weight is 323 g/mol. The van der Waals surface area contributed by atoms with E-state index >= 15 is 0 Å². The summed E-state index contributed by atoms with van der Waals surface area (Å²) in [5, 5.41) is 25.3. The topological polar surface area (TPSA) is 121 Å².